The molecule has 1 fully saturated rings. The first-order valence-corrected chi connectivity index (χ1v) is 6.45. The van der Waals surface area contributed by atoms with Gasteiger partial charge in [0.25, 0.3) is 0 Å². The van der Waals surface area contributed by atoms with E-state index in [1.54, 1.807) is 13.8 Å². The van der Waals surface area contributed by atoms with E-state index in [2.05, 4.69) is 0 Å². The van der Waals surface area contributed by atoms with Crippen LogP contribution in [0.5, 0.6) is 0 Å². The summed E-state index contributed by atoms with van der Waals surface area (Å²) in [5.74, 6) is -1.13. The van der Waals surface area contributed by atoms with Crippen LogP contribution in [0.2, 0.25) is 0 Å². The average molecular weight is 258 g/mol. The van der Waals surface area contributed by atoms with E-state index < -0.39 is 0 Å². The Labute approximate surface area is 109 Å². The molecule has 1 aliphatic carbocycles. The maximum absolute atomic E-state index is 11.8. The van der Waals surface area contributed by atoms with Crippen molar-refractivity contribution in [2.24, 2.45) is 17.8 Å². The Bertz CT molecular complexity index is 297. The molecule has 104 valence electrons. The normalized spacial score (nSPS) is 26.6. The third kappa shape index (κ3) is 3.70. The number of hydrogen-bond acceptors (Lipinski definition) is 4. The molecular weight excluding hydrogens is 234 g/mol. The molecule has 0 amide bonds. The quantitative estimate of drug-likeness (QED) is 0.519. The van der Waals surface area contributed by atoms with Gasteiger partial charge in [-0.2, -0.15) is 0 Å². The Hall–Kier alpha value is -1.10. The second-order valence-electron chi connectivity index (χ2n) is 5.69. The highest BCUT2D eigenvalue weighted by Gasteiger charge is 2.62. The van der Waals surface area contributed by atoms with E-state index in [1.165, 1.54) is 0 Å². The first-order valence-electron chi connectivity index (χ1n) is 6.45. The Morgan fingerprint density at radius 3 is 1.61 bits per heavy atom. The first kappa shape index (κ1) is 15.0. The number of hydrogen-bond donors (Lipinski definition) is 0. The zero-order chi connectivity index (χ0) is 13.9. The molecule has 0 spiro atoms. The van der Waals surface area contributed by atoms with Gasteiger partial charge in [-0.25, -0.2) is 0 Å². The molecule has 0 saturated heterocycles. The van der Waals surface area contributed by atoms with Gasteiger partial charge in [-0.1, -0.05) is 0 Å². The number of rotatable bonds is 6. The fourth-order valence-electron chi connectivity index (χ4n) is 2.35. The summed E-state index contributed by atoms with van der Waals surface area (Å²) in [4.78, 5) is 23.6. The van der Waals surface area contributed by atoms with Gasteiger partial charge in [0.15, 0.2) is 0 Å². The van der Waals surface area contributed by atoms with Crippen LogP contribution in [0.4, 0.5) is 0 Å². The number of carbonyl (C=O) groups is 2. The second-order valence-corrected chi connectivity index (χ2v) is 5.69. The van der Waals surface area contributed by atoms with Crippen LogP contribution in [0.3, 0.4) is 0 Å². The van der Waals surface area contributed by atoms with Gasteiger partial charge in [0, 0.05) is 5.92 Å². The lowest BCUT2D eigenvalue weighted by Gasteiger charge is -2.23. The summed E-state index contributed by atoms with van der Waals surface area (Å²) >= 11 is 0. The van der Waals surface area contributed by atoms with E-state index in [1.807, 2.05) is 21.1 Å². The Kier molecular flexibility index (Phi) is 4.73. The van der Waals surface area contributed by atoms with Crippen molar-refractivity contribution in [3.05, 3.63) is 0 Å². The Morgan fingerprint density at radius 2 is 1.33 bits per heavy atom. The molecule has 1 saturated carbocycles. The summed E-state index contributed by atoms with van der Waals surface area (Å²) in [5, 5.41) is 0. The highest BCUT2D eigenvalue weighted by atomic mass is 16.5. The van der Waals surface area contributed by atoms with E-state index >= 15 is 0 Å². The lowest BCUT2D eigenvalue weighted by molar-refractivity contribution is -0.872. The Balaban J connectivity index is 2.68. The topological polar surface area (TPSA) is 52.6 Å². The molecule has 5 heteroatoms. The van der Waals surface area contributed by atoms with Crippen LogP contribution in [-0.4, -0.2) is 57.3 Å². The van der Waals surface area contributed by atoms with E-state index in [0.717, 1.165) is 11.0 Å². The smallest absolute Gasteiger partial charge is 0.310 e. The third-order valence-electron chi connectivity index (χ3n) is 3.04. The van der Waals surface area contributed by atoms with Crippen LogP contribution >= 0.6 is 0 Å². The number of nitrogens with zero attached hydrogens (tertiary/aromatic N) is 1. The molecule has 5 nitrogen and oxygen atoms in total. The molecular formula is C13H24NO4+. The molecule has 0 bridgehead atoms. The van der Waals surface area contributed by atoms with Crippen molar-refractivity contribution in [2.45, 2.75) is 13.8 Å². The summed E-state index contributed by atoms with van der Waals surface area (Å²) < 4.78 is 10.7. The molecule has 0 aromatic rings. The van der Waals surface area contributed by atoms with Gasteiger partial charge in [0.1, 0.15) is 0 Å². The zero-order valence-corrected chi connectivity index (χ0v) is 11.9. The van der Waals surface area contributed by atoms with Gasteiger partial charge in [0.05, 0.1) is 52.7 Å². The van der Waals surface area contributed by atoms with E-state index in [4.69, 9.17) is 9.47 Å². The summed E-state index contributed by atoms with van der Waals surface area (Å²) in [5.41, 5.74) is 0. The molecule has 0 aromatic carbocycles. The van der Waals surface area contributed by atoms with Crippen LogP contribution in [0, 0.1) is 17.8 Å². The van der Waals surface area contributed by atoms with Gasteiger partial charge in [0.2, 0.25) is 0 Å². The molecule has 0 unspecified atom stereocenters. The average Bonchev–Trinajstić information content (AvgIpc) is 2.90. The summed E-state index contributed by atoms with van der Waals surface area (Å²) in [7, 11) is 6.13. The van der Waals surface area contributed by atoms with Crippen molar-refractivity contribution in [3.8, 4) is 0 Å². The fourth-order valence-corrected chi connectivity index (χ4v) is 2.35. The van der Waals surface area contributed by atoms with Gasteiger partial charge in [-0.3, -0.25) is 9.59 Å². The molecule has 0 heterocycles. The maximum atomic E-state index is 11.8. The van der Waals surface area contributed by atoms with Crippen molar-refractivity contribution in [1.29, 1.82) is 0 Å². The van der Waals surface area contributed by atoms with Crippen molar-refractivity contribution in [3.63, 3.8) is 0 Å². The third-order valence-corrected chi connectivity index (χ3v) is 3.04. The first-order chi connectivity index (χ1) is 8.31. The van der Waals surface area contributed by atoms with E-state index in [-0.39, 0.29) is 29.7 Å². The molecule has 18 heavy (non-hydrogen) atoms. The molecule has 1 rings (SSSR count). The monoisotopic (exact) mass is 258 g/mol. The Morgan fingerprint density at radius 1 is 0.944 bits per heavy atom. The van der Waals surface area contributed by atoms with Gasteiger partial charge < -0.3 is 14.0 Å². The van der Waals surface area contributed by atoms with Crippen LogP contribution in [0.25, 0.3) is 0 Å². The van der Waals surface area contributed by atoms with E-state index in [9.17, 15) is 9.59 Å². The van der Waals surface area contributed by atoms with Crippen molar-refractivity contribution >= 4 is 11.9 Å². The molecule has 0 aliphatic heterocycles. The van der Waals surface area contributed by atoms with E-state index in [0.29, 0.717) is 13.2 Å². The molecule has 2 atom stereocenters. The standard InChI is InChI=1S/C13H24NO4/c1-6-17-12(15)10-9(8-14(3,4)5)11(10)13(16)18-7-2/h9-11H,6-8H2,1-5H3/q+1/t10-,11-/m0/s1. The van der Waals surface area contributed by atoms with Crippen molar-refractivity contribution in [1.82, 2.24) is 0 Å². The molecule has 0 N–H and O–H groups in total. The molecule has 1 aliphatic rings. The summed E-state index contributed by atoms with van der Waals surface area (Å²) in [6, 6.07) is 0. The SMILES string of the molecule is CCOC(=O)[C@H]1C(C[N+](C)(C)C)[C@@H]1C(=O)OCC. The number of esters is 2. The van der Waals surface area contributed by atoms with Crippen LogP contribution < -0.4 is 0 Å². The minimum absolute atomic E-state index is 0.0445. The van der Waals surface area contributed by atoms with Crippen LogP contribution in [0.15, 0.2) is 0 Å². The van der Waals surface area contributed by atoms with Crippen molar-refractivity contribution in [2.75, 3.05) is 40.9 Å². The van der Waals surface area contributed by atoms with Crippen LogP contribution in [0.1, 0.15) is 13.8 Å². The molecule has 0 aromatic heterocycles. The number of quaternary nitrogens is 1. The minimum atomic E-state index is -0.318. The lowest BCUT2D eigenvalue weighted by Crippen LogP contribution is -2.37. The predicted molar refractivity (Wildman–Crippen MR) is 66.6 cm³/mol. The minimum Gasteiger partial charge on any atom is -0.466 e. The predicted octanol–water partition coefficient (Wildman–Crippen LogP) is 0.681. The van der Waals surface area contributed by atoms with Gasteiger partial charge in [-0.05, 0) is 13.8 Å². The highest BCUT2D eigenvalue weighted by Crippen LogP contribution is 2.48. The van der Waals surface area contributed by atoms with Crippen LogP contribution in [-0.2, 0) is 19.1 Å². The van der Waals surface area contributed by atoms with Gasteiger partial charge >= 0.3 is 11.9 Å². The van der Waals surface area contributed by atoms with Crippen molar-refractivity contribution < 1.29 is 23.5 Å². The largest absolute Gasteiger partial charge is 0.466 e. The number of carbonyl (C=O) groups excluding carboxylic acids is 2. The zero-order valence-electron chi connectivity index (χ0n) is 11.9. The van der Waals surface area contributed by atoms with Gasteiger partial charge in [-0.15, -0.1) is 0 Å². The second kappa shape index (κ2) is 5.69. The lowest BCUT2D eigenvalue weighted by atomic mass is 10.3. The highest BCUT2D eigenvalue weighted by molar-refractivity contribution is 5.88. The maximum Gasteiger partial charge on any atom is 0.310 e. The fraction of sp³-hybridized carbons (Fsp3) is 0.846. The summed E-state index contributed by atoms with van der Waals surface area (Å²) in [6.45, 7) is 5.01. The summed E-state index contributed by atoms with van der Waals surface area (Å²) in [6.07, 6.45) is 0. The molecule has 0 radical (unpaired) electrons. The number of ether oxygens (including phenoxy) is 2.